The van der Waals surface area contributed by atoms with Crippen LogP contribution in [0.15, 0.2) is 23.0 Å². The molecule has 0 aliphatic heterocycles. The quantitative estimate of drug-likeness (QED) is 0.270. The molecule has 0 aromatic heterocycles. The van der Waals surface area contributed by atoms with Crippen molar-refractivity contribution in [2.45, 2.75) is 70.2 Å². The number of allylic oxidation sites excluding steroid dienone is 2. The molecule has 6 N–H and O–H groups in total. The van der Waals surface area contributed by atoms with Gasteiger partial charge in [0.1, 0.15) is 0 Å². The molecule has 10 heteroatoms. The fourth-order valence-electron chi connectivity index (χ4n) is 3.80. The minimum absolute atomic E-state index is 0.0892. The van der Waals surface area contributed by atoms with Crippen molar-refractivity contribution in [2.24, 2.45) is 5.92 Å². The molecule has 2 aliphatic rings. The van der Waals surface area contributed by atoms with E-state index in [-0.39, 0.29) is 22.9 Å². The molecule has 2 aliphatic carbocycles. The summed E-state index contributed by atoms with van der Waals surface area (Å²) in [5.74, 6) is -4.39. The first-order chi connectivity index (χ1) is 14.0. The topological polar surface area (TPSA) is 173 Å². The maximum absolute atomic E-state index is 13.2. The van der Waals surface area contributed by atoms with E-state index in [1.807, 2.05) is 0 Å². The van der Waals surface area contributed by atoms with Crippen molar-refractivity contribution in [3.63, 3.8) is 0 Å². The minimum Gasteiger partial charge on any atom is -0.480 e. The second-order valence-electron chi connectivity index (χ2n) is 7.78. The summed E-state index contributed by atoms with van der Waals surface area (Å²) in [4.78, 5) is 48.9. The Morgan fingerprint density at radius 3 is 1.90 bits per heavy atom. The second kappa shape index (κ2) is 9.86. The average molecular weight is 424 g/mol. The molecule has 0 aromatic rings. The normalized spacial score (nSPS) is 22.1. The van der Waals surface area contributed by atoms with Crippen molar-refractivity contribution in [1.82, 2.24) is 10.6 Å². The van der Waals surface area contributed by atoms with Crippen LogP contribution < -0.4 is 10.6 Å². The lowest BCUT2D eigenvalue weighted by Gasteiger charge is -2.31. The first kappa shape index (κ1) is 23.6. The van der Waals surface area contributed by atoms with Crippen LogP contribution >= 0.6 is 0 Å². The van der Waals surface area contributed by atoms with Crippen LogP contribution in [0.4, 0.5) is 0 Å². The van der Waals surface area contributed by atoms with Crippen LogP contribution in [-0.4, -0.2) is 68.2 Å². The van der Waals surface area contributed by atoms with Crippen LogP contribution in [0.3, 0.4) is 0 Å². The Morgan fingerprint density at radius 1 is 0.933 bits per heavy atom. The molecule has 0 saturated heterocycles. The summed E-state index contributed by atoms with van der Waals surface area (Å²) in [5, 5.41) is 43.0. The van der Waals surface area contributed by atoms with E-state index in [1.54, 1.807) is 0 Å². The summed E-state index contributed by atoms with van der Waals surface area (Å²) in [7, 11) is 0. The molecule has 0 bridgehead atoms. The number of rotatable bonds is 9. The van der Waals surface area contributed by atoms with Crippen molar-refractivity contribution < 1.29 is 39.6 Å². The Labute approximate surface area is 173 Å². The lowest BCUT2D eigenvalue weighted by molar-refractivity contribution is -0.143. The van der Waals surface area contributed by atoms with Gasteiger partial charge < -0.3 is 31.1 Å². The maximum atomic E-state index is 13.2. The monoisotopic (exact) mass is 424 g/mol. The van der Waals surface area contributed by atoms with Gasteiger partial charge in [0, 0.05) is 11.6 Å². The summed E-state index contributed by atoms with van der Waals surface area (Å²) < 4.78 is 0. The van der Waals surface area contributed by atoms with Crippen LogP contribution in [-0.2, 0) is 19.2 Å². The van der Waals surface area contributed by atoms with Crippen molar-refractivity contribution in [3.05, 3.63) is 23.0 Å². The number of aliphatic carboxylic acids is 2. The molecule has 166 valence electrons. The van der Waals surface area contributed by atoms with Gasteiger partial charge in [-0.3, -0.25) is 9.59 Å². The number of Topliss-reactive ketones (excluding diaryl/α,β-unsaturated/α-hetero) is 1. The number of hydrogen-bond acceptors (Lipinski definition) is 8. The molecule has 2 rings (SSSR count). The zero-order valence-corrected chi connectivity index (χ0v) is 16.9. The SMILES string of the molecule is C[C@H](O)[C@@H](NC1=CC(=O)C(N[C@@H](C(=O)O)[C@H](C)O)=C(C2CCCCC2)C1=O)C(=O)O. The number of aliphatic hydroxyl groups is 2. The smallest absolute Gasteiger partial charge is 0.328 e. The summed E-state index contributed by atoms with van der Waals surface area (Å²) in [6.07, 6.45) is 2.12. The molecular weight excluding hydrogens is 396 g/mol. The maximum Gasteiger partial charge on any atom is 0.328 e. The largest absolute Gasteiger partial charge is 0.480 e. The van der Waals surface area contributed by atoms with Gasteiger partial charge in [0.2, 0.25) is 11.6 Å². The average Bonchev–Trinajstić information content (AvgIpc) is 2.66. The third-order valence-electron chi connectivity index (χ3n) is 5.40. The summed E-state index contributed by atoms with van der Waals surface area (Å²) in [6, 6.07) is -3.00. The molecule has 0 amide bonds. The molecule has 0 heterocycles. The highest BCUT2D eigenvalue weighted by atomic mass is 16.4. The number of carboxylic acid groups (broad SMARTS) is 2. The number of carbonyl (C=O) groups is 4. The first-order valence-corrected chi connectivity index (χ1v) is 9.94. The molecule has 0 unspecified atom stereocenters. The van der Waals surface area contributed by atoms with E-state index in [2.05, 4.69) is 10.6 Å². The second-order valence-corrected chi connectivity index (χ2v) is 7.78. The standard InChI is InChI=1S/C20H28N2O8/c1-9(23)15(19(27)28)21-12-8-13(25)17(22-16(10(2)24)20(29)30)14(18(12)26)11-6-4-3-5-7-11/h8-11,15-16,21-24H,3-7H2,1-2H3,(H,27,28)(H,29,30)/t9-,10-,15+,16+/m0/s1. The molecule has 0 radical (unpaired) electrons. The van der Waals surface area contributed by atoms with Gasteiger partial charge in [-0.05, 0) is 32.6 Å². The number of hydrogen-bond donors (Lipinski definition) is 6. The molecule has 0 aromatic carbocycles. The number of nitrogens with one attached hydrogen (secondary N) is 2. The third kappa shape index (κ3) is 5.25. The van der Waals surface area contributed by atoms with E-state index in [1.165, 1.54) is 13.8 Å². The van der Waals surface area contributed by atoms with Crippen molar-refractivity contribution in [2.75, 3.05) is 0 Å². The van der Waals surface area contributed by atoms with E-state index in [0.717, 1.165) is 25.3 Å². The van der Waals surface area contributed by atoms with Gasteiger partial charge in [-0.1, -0.05) is 19.3 Å². The lowest BCUT2D eigenvalue weighted by Crippen LogP contribution is -2.50. The third-order valence-corrected chi connectivity index (χ3v) is 5.40. The van der Waals surface area contributed by atoms with Gasteiger partial charge in [0.15, 0.2) is 12.1 Å². The highest BCUT2D eigenvalue weighted by Gasteiger charge is 2.38. The molecule has 0 spiro atoms. The van der Waals surface area contributed by atoms with Crippen molar-refractivity contribution in [3.8, 4) is 0 Å². The molecular formula is C20H28N2O8. The highest BCUT2D eigenvalue weighted by molar-refractivity contribution is 6.22. The molecule has 1 saturated carbocycles. The van der Waals surface area contributed by atoms with E-state index in [9.17, 15) is 39.6 Å². The van der Waals surface area contributed by atoms with Gasteiger partial charge in [0.05, 0.1) is 23.6 Å². The van der Waals surface area contributed by atoms with Crippen LogP contribution in [0.5, 0.6) is 0 Å². The number of ketones is 2. The van der Waals surface area contributed by atoms with E-state index >= 15 is 0 Å². The van der Waals surface area contributed by atoms with E-state index in [0.29, 0.717) is 12.8 Å². The Kier molecular flexibility index (Phi) is 7.74. The molecule has 1 fully saturated rings. The summed E-state index contributed by atoms with van der Waals surface area (Å²) in [5.41, 5.74) is -0.357. The molecule has 10 nitrogen and oxygen atoms in total. The number of aliphatic hydroxyl groups excluding tert-OH is 2. The van der Waals surface area contributed by atoms with Gasteiger partial charge in [0.25, 0.3) is 0 Å². The first-order valence-electron chi connectivity index (χ1n) is 9.94. The Hall–Kier alpha value is -2.72. The fourth-order valence-corrected chi connectivity index (χ4v) is 3.80. The van der Waals surface area contributed by atoms with Crippen LogP contribution in [0.1, 0.15) is 46.0 Å². The van der Waals surface area contributed by atoms with Gasteiger partial charge in [-0.2, -0.15) is 0 Å². The lowest BCUT2D eigenvalue weighted by atomic mass is 9.78. The van der Waals surface area contributed by atoms with Crippen molar-refractivity contribution in [1.29, 1.82) is 0 Å². The van der Waals surface area contributed by atoms with Crippen LogP contribution in [0, 0.1) is 5.92 Å². The van der Waals surface area contributed by atoms with Gasteiger partial charge in [-0.25, -0.2) is 9.59 Å². The zero-order valence-electron chi connectivity index (χ0n) is 16.9. The zero-order chi connectivity index (χ0) is 22.6. The molecule has 30 heavy (non-hydrogen) atoms. The highest BCUT2D eigenvalue weighted by Crippen LogP contribution is 2.34. The van der Waals surface area contributed by atoms with Crippen LogP contribution in [0.2, 0.25) is 0 Å². The van der Waals surface area contributed by atoms with Crippen molar-refractivity contribution >= 4 is 23.5 Å². The van der Waals surface area contributed by atoms with Gasteiger partial charge in [-0.15, -0.1) is 0 Å². The summed E-state index contributed by atoms with van der Waals surface area (Å²) in [6.45, 7) is 2.50. The van der Waals surface area contributed by atoms with Crippen LogP contribution in [0.25, 0.3) is 0 Å². The predicted molar refractivity (Wildman–Crippen MR) is 104 cm³/mol. The fraction of sp³-hybridized carbons (Fsp3) is 0.600. The Bertz CT molecular complexity index is 778. The van der Waals surface area contributed by atoms with E-state index in [4.69, 9.17) is 0 Å². The summed E-state index contributed by atoms with van der Waals surface area (Å²) >= 11 is 0. The Morgan fingerprint density at radius 2 is 1.43 bits per heavy atom. The molecule has 4 atom stereocenters. The van der Waals surface area contributed by atoms with E-state index < -0.39 is 47.8 Å². The predicted octanol–water partition coefficient (Wildman–Crippen LogP) is -0.296. The Balaban J connectivity index is 2.46. The number of carboxylic acids is 2. The minimum atomic E-state index is -1.50. The van der Waals surface area contributed by atoms with Gasteiger partial charge >= 0.3 is 11.9 Å². The number of carbonyl (C=O) groups excluding carboxylic acids is 2.